The zero-order chi connectivity index (χ0) is 13.3. The van der Waals surface area contributed by atoms with E-state index in [2.05, 4.69) is 22.6 Å². The maximum atomic E-state index is 12.4. The molecule has 1 aliphatic rings. The highest BCUT2D eigenvalue weighted by Gasteiger charge is 2.33. The van der Waals surface area contributed by atoms with Crippen molar-refractivity contribution in [2.45, 2.75) is 19.4 Å². The van der Waals surface area contributed by atoms with Gasteiger partial charge in [-0.2, -0.15) is 0 Å². The van der Waals surface area contributed by atoms with Crippen LogP contribution in [0.4, 0.5) is 0 Å². The van der Waals surface area contributed by atoms with Gasteiger partial charge in [0.1, 0.15) is 5.75 Å². The lowest BCUT2D eigenvalue weighted by Gasteiger charge is -2.22. The molecule has 2 unspecified atom stereocenters. The highest BCUT2D eigenvalue weighted by atomic mass is 127. The van der Waals surface area contributed by atoms with Crippen molar-refractivity contribution in [2.24, 2.45) is 11.7 Å². The second-order valence-corrected chi connectivity index (χ2v) is 6.05. The van der Waals surface area contributed by atoms with Crippen LogP contribution in [-0.2, 0) is 0 Å². The van der Waals surface area contributed by atoms with Crippen LogP contribution in [0.1, 0.15) is 23.7 Å². The van der Waals surface area contributed by atoms with E-state index < -0.39 is 0 Å². The Hall–Kier alpha value is -0.820. The summed E-state index contributed by atoms with van der Waals surface area (Å²) in [6, 6.07) is 5.25. The van der Waals surface area contributed by atoms with Crippen molar-refractivity contribution in [3.63, 3.8) is 0 Å². The molecule has 1 aliphatic heterocycles. The molecule has 1 saturated heterocycles. The molecule has 1 aromatic carbocycles. The Morgan fingerprint density at radius 2 is 2.33 bits per heavy atom. The highest BCUT2D eigenvalue weighted by molar-refractivity contribution is 14.1. The Morgan fingerprint density at radius 1 is 1.61 bits per heavy atom. The van der Waals surface area contributed by atoms with Gasteiger partial charge in [-0.15, -0.1) is 0 Å². The SMILES string of the molecule is CC1CC(CN)CN1C(=O)c1cc(I)ccc1O. The minimum atomic E-state index is -0.102. The lowest BCUT2D eigenvalue weighted by Crippen LogP contribution is -2.34. The molecule has 1 amide bonds. The largest absolute Gasteiger partial charge is 0.507 e. The zero-order valence-corrected chi connectivity index (χ0v) is 12.4. The predicted octanol–water partition coefficient (Wildman–Crippen LogP) is 1.81. The molecule has 0 saturated carbocycles. The molecule has 1 heterocycles. The average molecular weight is 360 g/mol. The standard InChI is InChI=1S/C13H17IN2O2/c1-8-4-9(6-15)7-16(8)13(18)11-5-10(14)2-3-12(11)17/h2-3,5,8-9,17H,4,6-7,15H2,1H3. The van der Waals surface area contributed by atoms with E-state index in [0.29, 0.717) is 24.6 Å². The van der Waals surface area contributed by atoms with E-state index in [1.807, 2.05) is 11.8 Å². The van der Waals surface area contributed by atoms with Crippen LogP contribution in [0, 0.1) is 9.49 Å². The summed E-state index contributed by atoms with van der Waals surface area (Å²) in [6.07, 6.45) is 0.937. The molecule has 18 heavy (non-hydrogen) atoms. The average Bonchev–Trinajstić information content (AvgIpc) is 2.73. The third-order valence-electron chi connectivity index (χ3n) is 3.44. The summed E-state index contributed by atoms with van der Waals surface area (Å²) in [5.74, 6) is 0.312. The number of likely N-dealkylation sites (tertiary alicyclic amines) is 1. The second kappa shape index (κ2) is 5.44. The third-order valence-corrected chi connectivity index (χ3v) is 4.12. The minimum Gasteiger partial charge on any atom is -0.507 e. The summed E-state index contributed by atoms with van der Waals surface area (Å²) in [5, 5.41) is 9.80. The molecule has 0 bridgehead atoms. The number of hydrogen-bond donors (Lipinski definition) is 2. The number of carbonyl (C=O) groups is 1. The number of nitrogens with two attached hydrogens (primary N) is 1. The Kier molecular flexibility index (Phi) is 4.11. The molecule has 1 fully saturated rings. The van der Waals surface area contributed by atoms with Gasteiger partial charge in [0.25, 0.3) is 5.91 Å². The molecule has 2 rings (SSSR count). The van der Waals surface area contributed by atoms with Gasteiger partial charge in [-0.05, 0) is 66.6 Å². The van der Waals surface area contributed by atoms with Gasteiger partial charge in [-0.1, -0.05) is 0 Å². The molecule has 0 spiro atoms. The van der Waals surface area contributed by atoms with Gasteiger partial charge in [-0.3, -0.25) is 4.79 Å². The Morgan fingerprint density at radius 3 is 2.94 bits per heavy atom. The first-order chi connectivity index (χ1) is 8.52. The number of amides is 1. The van der Waals surface area contributed by atoms with Crippen LogP contribution in [-0.4, -0.2) is 35.0 Å². The van der Waals surface area contributed by atoms with Gasteiger partial charge >= 0.3 is 0 Å². The number of carbonyl (C=O) groups excluding carboxylic acids is 1. The number of rotatable bonds is 2. The molecule has 98 valence electrons. The molecule has 4 nitrogen and oxygen atoms in total. The fraction of sp³-hybridized carbons (Fsp3) is 0.462. The van der Waals surface area contributed by atoms with Gasteiger partial charge in [0.15, 0.2) is 0 Å². The number of nitrogens with zero attached hydrogens (tertiary/aromatic N) is 1. The van der Waals surface area contributed by atoms with Crippen LogP contribution in [0.15, 0.2) is 18.2 Å². The van der Waals surface area contributed by atoms with E-state index in [1.54, 1.807) is 18.2 Å². The van der Waals surface area contributed by atoms with Crippen molar-refractivity contribution in [1.29, 1.82) is 0 Å². The molecule has 0 aromatic heterocycles. The molecule has 0 radical (unpaired) electrons. The topological polar surface area (TPSA) is 66.6 Å². The molecule has 5 heteroatoms. The minimum absolute atomic E-state index is 0.0452. The Labute approximate surface area is 120 Å². The smallest absolute Gasteiger partial charge is 0.257 e. The number of phenolic OH excluding ortho intramolecular Hbond substituents is 1. The van der Waals surface area contributed by atoms with Crippen LogP contribution < -0.4 is 5.73 Å². The second-order valence-electron chi connectivity index (χ2n) is 4.81. The maximum Gasteiger partial charge on any atom is 0.257 e. The molecule has 0 aliphatic carbocycles. The summed E-state index contributed by atoms with van der Waals surface area (Å²) in [6.45, 7) is 3.31. The number of aromatic hydroxyl groups is 1. The van der Waals surface area contributed by atoms with Crippen molar-refractivity contribution in [1.82, 2.24) is 4.90 Å². The summed E-state index contributed by atoms with van der Waals surface area (Å²) < 4.78 is 0.941. The summed E-state index contributed by atoms with van der Waals surface area (Å²) in [4.78, 5) is 14.2. The zero-order valence-electron chi connectivity index (χ0n) is 10.3. The van der Waals surface area contributed by atoms with Crippen LogP contribution >= 0.6 is 22.6 Å². The first kappa shape index (κ1) is 13.6. The van der Waals surface area contributed by atoms with Gasteiger partial charge < -0.3 is 15.7 Å². The monoisotopic (exact) mass is 360 g/mol. The predicted molar refractivity (Wildman–Crippen MR) is 78.5 cm³/mol. The lowest BCUT2D eigenvalue weighted by molar-refractivity contribution is 0.0740. The number of hydrogen-bond acceptors (Lipinski definition) is 3. The summed E-state index contributed by atoms with van der Waals surface area (Å²) in [5.41, 5.74) is 6.04. The molecule has 2 atom stereocenters. The normalized spacial score (nSPS) is 23.4. The maximum absolute atomic E-state index is 12.4. The van der Waals surface area contributed by atoms with Gasteiger partial charge in [0, 0.05) is 16.2 Å². The van der Waals surface area contributed by atoms with Crippen molar-refractivity contribution in [3.8, 4) is 5.75 Å². The third kappa shape index (κ3) is 2.61. The van der Waals surface area contributed by atoms with Crippen LogP contribution in [0.25, 0.3) is 0 Å². The van der Waals surface area contributed by atoms with Crippen molar-refractivity contribution < 1.29 is 9.90 Å². The van der Waals surface area contributed by atoms with Crippen LogP contribution in [0.5, 0.6) is 5.75 Å². The van der Waals surface area contributed by atoms with Crippen molar-refractivity contribution in [3.05, 3.63) is 27.3 Å². The summed E-state index contributed by atoms with van der Waals surface area (Å²) >= 11 is 2.13. The van der Waals surface area contributed by atoms with E-state index in [9.17, 15) is 9.90 Å². The summed E-state index contributed by atoms with van der Waals surface area (Å²) in [7, 11) is 0. The molecule has 1 aromatic rings. The van der Waals surface area contributed by atoms with Gasteiger partial charge in [0.05, 0.1) is 5.56 Å². The quantitative estimate of drug-likeness (QED) is 0.791. The van der Waals surface area contributed by atoms with E-state index >= 15 is 0 Å². The molecular formula is C13H17IN2O2. The molecule has 3 N–H and O–H groups in total. The van der Waals surface area contributed by atoms with E-state index in [4.69, 9.17) is 5.73 Å². The lowest BCUT2D eigenvalue weighted by atomic mass is 10.1. The van der Waals surface area contributed by atoms with E-state index in [-0.39, 0.29) is 17.7 Å². The van der Waals surface area contributed by atoms with Gasteiger partial charge in [0.2, 0.25) is 0 Å². The van der Waals surface area contributed by atoms with Crippen LogP contribution in [0.2, 0.25) is 0 Å². The highest BCUT2D eigenvalue weighted by Crippen LogP contribution is 2.27. The van der Waals surface area contributed by atoms with Gasteiger partial charge in [-0.25, -0.2) is 0 Å². The number of benzene rings is 1. The van der Waals surface area contributed by atoms with E-state index in [0.717, 1.165) is 9.99 Å². The first-order valence-electron chi connectivity index (χ1n) is 6.02. The fourth-order valence-electron chi connectivity index (χ4n) is 2.43. The van der Waals surface area contributed by atoms with Crippen molar-refractivity contribution in [2.75, 3.05) is 13.1 Å². The number of halogens is 1. The van der Waals surface area contributed by atoms with Crippen molar-refractivity contribution >= 4 is 28.5 Å². The fourth-order valence-corrected chi connectivity index (χ4v) is 2.92. The Bertz CT molecular complexity index is 464. The van der Waals surface area contributed by atoms with Crippen LogP contribution in [0.3, 0.4) is 0 Å². The Balaban J connectivity index is 2.24. The molecular weight excluding hydrogens is 343 g/mol. The first-order valence-corrected chi connectivity index (χ1v) is 7.10. The number of phenols is 1. The van der Waals surface area contributed by atoms with E-state index in [1.165, 1.54) is 0 Å².